The van der Waals surface area contributed by atoms with Crippen molar-refractivity contribution in [3.05, 3.63) is 73.8 Å². The van der Waals surface area contributed by atoms with Crippen molar-refractivity contribution in [2.75, 3.05) is 60.6 Å². The van der Waals surface area contributed by atoms with Gasteiger partial charge in [-0.25, -0.2) is 0 Å². The lowest BCUT2D eigenvalue weighted by Crippen LogP contribution is -2.56. The van der Waals surface area contributed by atoms with E-state index in [9.17, 15) is 19.5 Å². The van der Waals surface area contributed by atoms with Crippen molar-refractivity contribution in [1.82, 2.24) is 4.90 Å². The van der Waals surface area contributed by atoms with Gasteiger partial charge in [-0.15, -0.1) is 24.9 Å². The summed E-state index contributed by atoms with van der Waals surface area (Å²) in [6.45, 7) is 17.2. The van der Waals surface area contributed by atoms with E-state index in [-0.39, 0.29) is 47.5 Å². The van der Waals surface area contributed by atoms with Gasteiger partial charge in [0.2, 0.25) is 11.8 Å². The number of anilines is 3. The molecule has 3 saturated heterocycles. The van der Waals surface area contributed by atoms with Crippen molar-refractivity contribution in [2.24, 2.45) is 11.8 Å². The summed E-state index contributed by atoms with van der Waals surface area (Å²) in [5, 5.41) is 9.41. The maximum Gasteiger partial charge on any atom is 0.251 e. The first-order chi connectivity index (χ1) is 23.7. The van der Waals surface area contributed by atoms with Gasteiger partial charge in [0.25, 0.3) is 5.91 Å². The molecule has 1 spiro atoms. The summed E-state index contributed by atoms with van der Waals surface area (Å²) in [4.78, 5) is 51.7. The number of hydrogen-bond donors (Lipinski definition) is 1. The third-order valence-electron chi connectivity index (χ3n) is 10.0. The average molecular weight is 754 g/mol. The number of benzene rings is 2. The van der Waals surface area contributed by atoms with E-state index in [0.29, 0.717) is 43.9 Å². The zero-order chi connectivity index (χ0) is 35.3. The van der Waals surface area contributed by atoms with Gasteiger partial charge in [-0.2, -0.15) is 0 Å². The highest BCUT2D eigenvalue weighted by molar-refractivity contribution is 9.09. The van der Waals surface area contributed by atoms with Crippen LogP contribution in [0.15, 0.2) is 73.8 Å². The second-order valence-electron chi connectivity index (χ2n) is 12.7. The van der Waals surface area contributed by atoms with Gasteiger partial charge in [-0.05, 0) is 88.6 Å². The quantitative estimate of drug-likeness (QED) is 0.122. The molecule has 3 aliphatic heterocycles. The molecule has 3 aliphatic rings. The Balaban J connectivity index is 1.53. The van der Waals surface area contributed by atoms with Crippen LogP contribution in [-0.2, 0) is 14.4 Å². The fraction of sp³-hybridized carbons (Fsp3) is 0.500. The van der Waals surface area contributed by atoms with Crippen LogP contribution >= 0.6 is 27.7 Å². The summed E-state index contributed by atoms with van der Waals surface area (Å²) >= 11 is 5.53. The molecule has 264 valence electrons. The molecule has 0 aromatic heterocycles. The maximum absolute atomic E-state index is 15.0. The molecular formula is C38H49BrN4O5S. The topological polar surface area (TPSA) is 93.6 Å². The molecule has 6 atom stereocenters. The van der Waals surface area contributed by atoms with Crippen LogP contribution in [0, 0.1) is 11.8 Å². The van der Waals surface area contributed by atoms with Crippen LogP contribution in [0.25, 0.3) is 0 Å². The van der Waals surface area contributed by atoms with Gasteiger partial charge in [0.15, 0.2) is 0 Å². The van der Waals surface area contributed by atoms with E-state index < -0.39 is 22.6 Å². The van der Waals surface area contributed by atoms with E-state index in [0.717, 1.165) is 24.5 Å². The Morgan fingerprint density at radius 2 is 1.53 bits per heavy atom. The number of amides is 3. The average Bonchev–Trinajstić information content (AvgIpc) is 3.70. The number of unbranched alkanes of at least 4 members (excludes halogenated alkanes) is 1. The van der Waals surface area contributed by atoms with E-state index in [2.05, 4.69) is 47.8 Å². The van der Waals surface area contributed by atoms with Gasteiger partial charge in [0, 0.05) is 66.5 Å². The summed E-state index contributed by atoms with van der Waals surface area (Å²) in [5.41, 5.74) is 2.51. The third-order valence-corrected chi connectivity index (χ3v) is 13.2. The van der Waals surface area contributed by atoms with Gasteiger partial charge < -0.3 is 29.4 Å². The van der Waals surface area contributed by atoms with Crippen LogP contribution in [0.5, 0.6) is 5.75 Å². The fourth-order valence-corrected chi connectivity index (χ4v) is 11.5. The van der Waals surface area contributed by atoms with Crippen molar-refractivity contribution < 1.29 is 24.2 Å². The third kappa shape index (κ3) is 6.90. The number of hydrogen-bond acceptors (Lipinski definition) is 7. The summed E-state index contributed by atoms with van der Waals surface area (Å²) in [6, 6.07) is 14.6. The SMILES string of the molecule is C=CCN(C(=O)C1N(CCCCO)C(=O)[C@@H]2[C@@H](C(=O)N(CC=C)c3ccc(OCC)cc3)[C@@H]3SC12CC3Br)c1ccc(N(CC)CC)cc1. The predicted molar refractivity (Wildman–Crippen MR) is 203 cm³/mol. The molecule has 49 heavy (non-hydrogen) atoms. The van der Waals surface area contributed by atoms with E-state index in [1.807, 2.05) is 55.5 Å². The standard InChI is InChI=1S/C38H49BrN4O5S/c1-6-21-41(28-17-19-29(20-18-28)48-10-5)35(45)31-32-36(46)43(23-11-12-24-44)34(38(32)25-30(39)33(31)49-38)37(47)42(22-7-2)27-15-13-26(14-16-27)40(8-3)9-4/h6-7,13-20,30-34,44H,1-2,8-12,21-25H2,3-5H3/t30?,31-,32+,33-,34?,38?/m1/s1. The number of nitrogens with zero attached hydrogens (tertiary/aromatic N) is 4. The maximum atomic E-state index is 15.0. The molecule has 3 fully saturated rings. The zero-order valence-electron chi connectivity index (χ0n) is 28.8. The van der Waals surface area contributed by atoms with Gasteiger partial charge in [-0.1, -0.05) is 28.1 Å². The Morgan fingerprint density at radius 3 is 2.08 bits per heavy atom. The molecule has 0 saturated carbocycles. The monoisotopic (exact) mass is 752 g/mol. The van der Waals surface area contributed by atoms with E-state index in [1.54, 1.807) is 38.6 Å². The number of thioether (sulfide) groups is 1. The number of carbonyl (C=O) groups excluding carboxylic acids is 3. The van der Waals surface area contributed by atoms with Crippen LogP contribution in [0.3, 0.4) is 0 Å². The first kappa shape index (κ1) is 37.0. The summed E-state index contributed by atoms with van der Waals surface area (Å²) < 4.78 is 4.82. The summed E-state index contributed by atoms with van der Waals surface area (Å²) in [5.74, 6) is -1.08. The number of ether oxygens (including phenoxy) is 1. The molecule has 1 N–H and O–H groups in total. The van der Waals surface area contributed by atoms with Crippen LogP contribution in [0.4, 0.5) is 17.1 Å². The molecule has 5 rings (SSSR count). The van der Waals surface area contributed by atoms with Crippen LogP contribution in [0.2, 0.25) is 0 Å². The smallest absolute Gasteiger partial charge is 0.251 e. The van der Waals surface area contributed by atoms with Gasteiger partial charge in [0.1, 0.15) is 11.8 Å². The second-order valence-corrected chi connectivity index (χ2v) is 15.4. The fourth-order valence-electron chi connectivity index (χ4n) is 7.88. The Morgan fingerprint density at radius 1 is 0.959 bits per heavy atom. The highest BCUT2D eigenvalue weighted by Crippen LogP contribution is 2.68. The van der Waals surface area contributed by atoms with Crippen molar-refractivity contribution in [3.63, 3.8) is 0 Å². The Labute approximate surface area is 303 Å². The Bertz CT molecular complexity index is 1500. The normalized spacial score (nSPS) is 25.2. The minimum atomic E-state index is -0.800. The molecule has 2 aromatic rings. The number of rotatable bonds is 17. The molecule has 3 unspecified atom stereocenters. The molecule has 3 amide bonds. The van der Waals surface area contributed by atoms with Crippen molar-refractivity contribution >= 4 is 62.5 Å². The van der Waals surface area contributed by atoms with Crippen molar-refractivity contribution in [1.29, 1.82) is 0 Å². The van der Waals surface area contributed by atoms with Gasteiger partial charge in [0.05, 0.1) is 23.2 Å². The lowest BCUT2D eigenvalue weighted by atomic mass is 9.70. The Kier molecular flexibility index (Phi) is 12.2. The van der Waals surface area contributed by atoms with Gasteiger partial charge in [-0.3, -0.25) is 14.4 Å². The van der Waals surface area contributed by atoms with E-state index >= 15 is 0 Å². The number of aliphatic hydroxyl groups is 1. The number of halogens is 1. The molecule has 3 heterocycles. The van der Waals surface area contributed by atoms with E-state index in [4.69, 9.17) is 4.74 Å². The molecule has 2 bridgehead atoms. The first-order valence-electron chi connectivity index (χ1n) is 17.4. The summed E-state index contributed by atoms with van der Waals surface area (Å²) in [7, 11) is 0. The minimum absolute atomic E-state index is 0.00327. The molecule has 0 radical (unpaired) electrons. The lowest BCUT2D eigenvalue weighted by molar-refractivity contribution is -0.139. The van der Waals surface area contributed by atoms with Crippen LogP contribution in [0.1, 0.15) is 40.0 Å². The summed E-state index contributed by atoms with van der Waals surface area (Å²) in [6.07, 6.45) is 5.05. The number of alkyl halides is 1. The highest BCUT2D eigenvalue weighted by Gasteiger charge is 2.76. The molecular weight excluding hydrogens is 704 g/mol. The number of fused-ring (bicyclic) bond motifs is 1. The van der Waals surface area contributed by atoms with Gasteiger partial charge >= 0.3 is 0 Å². The number of likely N-dealkylation sites (tertiary alicyclic amines) is 1. The van der Waals surface area contributed by atoms with Crippen LogP contribution in [-0.4, -0.2) is 94.5 Å². The molecule has 0 aliphatic carbocycles. The van der Waals surface area contributed by atoms with Crippen LogP contribution < -0.4 is 19.4 Å². The van der Waals surface area contributed by atoms with Crippen molar-refractivity contribution in [2.45, 2.75) is 60.9 Å². The lowest BCUT2D eigenvalue weighted by Gasteiger charge is -2.38. The first-order valence-corrected chi connectivity index (χ1v) is 19.2. The largest absolute Gasteiger partial charge is 0.494 e. The number of aliphatic hydroxyl groups excluding tert-OH is 1. The highest BCUT2D eigenvalue weighted by atomic mass is 79.9. The molecule has 11 heteroatoms. The molecule has 2 aromatic carbocycles. The molecule has 9 nitrogen and oxygen atoms in total. The van der Waals surface area contributed by atoms with Crippen molar-refractivity contribution in [3.8, 4) is 5.75 Å². The second kappa shape index (κ2) is 16.2. The predicted octanol–water partition coefficient (Wildman–Crippen LogP) is 5.91. The minimum Gasteiger partial charge on any atom is -0.494 e. The number of carbonyl (C=O) groups is 3. The Hall–Kier alpha value is -3.28. The van der Waals surface area contributed by atoms with E-state index in [1.165, 1.54) is 0 Å². The zero-order valence-corrected chi connectivity index (χ0v) is 31.2.